The minimum atomic E-state index is -2.29. The molecule has 0 spiro atoms. The number of hydrogen-bond donors (Lipinski definition) is 0. The largest absolute Gasteiger partial charge is 0.340 e. The standard InChI is InChI=1S/C45H46O2P2/c1-35(48(37-23-11-5-12-24-37,38-25-13-6-14-26-38)39-27-15-7-16-28-39)43-44(47-45(3,4)46-43)36(2)49(40-29-17-8-18-30-40,41-31-19-9-20-32-41)42-33-21-10-22-34-42/h5-36,43-44H,1-4H3/q+2/t35-,36-,43-,44-/m1/s1. The Hall–Kier alpha value is -3.90. The van der Waals surface area contributed by atoms with Crippen LogP contribution in [0.15, 0.2) is 182 Å². The van der Waals surface area contributed by atoms with Gasteiger partial charge in [0.25, 0.3) is 0 Å². The molecule has 4 heteroatoms. The molecule has 49 heavy (non-hydrogen) atoms. The van der Waals surface area contributed by atoms with E-state index < -0.39 is 20.3 Å². The van der Waals surface area contributed by atoms with Crippen molar-refractivity contribution in [2.45, 2.75) is 57.0 Å². The Morgan fingerprint density at radius 2 is 0.551 bits per heavy atom. The van der Waals surface area contributed by atoms with E-state index in [-0.39, 0.29) is 23.5 Å². The summed E-state index contributed by atoms with van der Waals surface area (Å²) in [6, 6.07) is 67.0. The Kier molecular flexibility index (Phi) is 9.70. The highest BCUT2D eigenvalue weighted by Crippen LogP contribution is 2.66. The molecular formula is C45H46O2P2+2. The van der Waals surface area contributed by atoms with Gasteiger partial charge in [-0.15, -0.1) is 0 Å². The Labute approximate surface area is 293 Å². The minimum absolute atomic E-state index is 0.0955. The summed E-state index contributed by atoms with van der Waals surface area (Å²) in [5.74, 6) is -0.753. The maximum absolute atomic E-state index is 7.24. The summed E-state index contributed by atoms with van der Waals surface area (Å²) in [4.78, 5) is 0. The zero-order chi connectivity index (χ0) is 33.9. The van der Waals surface area contributed by atoms with Crippen molar-refractivity contribution in [2.75, 3.05) is 0 Å². The molecule has 1 saturated heterocycles. The van der Waals surface area contributed by atoms with Crippen molar-refractivity contribution in [2.24, 2.45) is 0 Å². The number of rotatable bonds is 10. The molecule has 1 heterocycles. The van der Waals surface area contributed by atoms with Gasteiger partial charge in [0.05, 0.1) is 0 Å². The molecule has 0 saturated carbocycles. The molecule has 0 aromatic heterocycles. The van der Waals surface area contributed by atoms with E-state index in [0.717, 1.165) is 0 Å². The second-order valence-electron chi connectivity index (χ2n) is 13.5. The summed E-state index contributed by atoms with van der Waals surface area (Å²) in [5, 5.41) is 8.14. The van der Waals surface area contributed by atoms with Crippen LogP contribution >= 0.6 is 14.5 Å². The highest BCUT2D eigenvalue weighted by molar-refractivity contribution is 7.96. The van der Waals surface area contributed by atoms with E-state index in [9.17, 15) is 0 Å². The van der Waals surface area contributed by atoms with Crippen LogP contribution in [-0.4, -0.2) is 29.3 Å². The van der Waals surface area contributed by atoms with E-state index in [1.54, 1.807) is 0 Å². The van der Waals surface area contributed by atoms with Crippen molar-refractivity contribution in [3.8, 4) is 0 Å². The molecule has 0 amide bonds. The summed E-state index contributed by atoms with van der Waals surface area (Å²) in [6.45, 7) is 9.06. The normalized spacial score (nSPS) is 18.9. The second kappa shape index (κ2) is 14.1. The molecule has 6 aromatic carbocycles. The summed E-state index contributed by atoms with van der Waals surface area (Å²) in [6.07, 6.45) is -0.371. The van der Waals surface area contributed by atoms with Gasteiger partial charge < -0.3 is 9.47 Å². The zero-order valence-electron chi connectivity index (χ0n) is 28.8. The Morgan fingerprint density at radius 1 is 0.367 bits per heavy atom. The Bertz CT molecular complexity index is 1580. The highest BCUT2D eigenvalue weighted by Gasteiger charge is 2.64. The fraction of sp³-hybridized carbons (Fsp3) is 0.200. The Morgan fingerprint density at radius 3 is 0.735 bits per heavy atom. The fourth-order valence-electron chi connectivity index (χ4n) is 8.29. The molecule has 2 nitrogen and oxygen atoms in total. The summed E-state index contributed by atoms with van der Waals surface area (Å²) >= 11 is 0. The third-order valence-electron chi connectivity index (χ3n) is 10.3. The molecule has 0 aliphatic carbocycles. The predicted molar refractivity (Wildman–Crippen MR) is 213 cm³/mol. The van der Waals surface area contributed by atoms with Gasteiger partial charge in [-0.05, 0) is 100 Å². The molecule has 4 atom stereocenters. The van der Waals surface area contributed by atoms with Gasteiger partial charge in [0, 0.05) is 0 Å². The predicted octanol–water partition coefficient (Wildman–Crippen LogP) is 8.27. The molecule has 0 N–H and O–H groups in total. The van der Waals surface area contributed by atoms with Gasteiger partial charge in [-0.25, -0.2) is 0 Å². The molecule has 0 unspecified atom stereocenters. The number of benzene rings is 6. The quantitative estimate of drug-likeness (QED) is 0.136. The SMILES string of the molecule is C[C@H]([C@H]1OC(C)(C)O[C@@H]1[C@@H](C)[P+](c1ccccc1)(c1ccccc1)c1ccccc1)[P+](c1ccccc1)(c1ccccc1)c1ccccc1. The number of ether oxygens (including phenoxy) is 2. The molecule has 1 aliphatic heterocycles. The van der Waals surface area contributed by atoms with Gasteiger partial charge in [0.15, 0.2) is 5.79 Å². The van der Waals surface area contributed by atoms with Crippen molar-refractivity contribution in [1.29, 1.82) is 0 Å². The zero-order valence-corrected chi connectivity index (χ0v) is 30.6. The highest BCUT2D eigenvalue weighted by atomic mass is 31.2. The van der Waals surface area contributed by atoms with Crippen molar-refractivity contribution >= 4 is 46.4 Å². The Balaban J connectivity index is 1.48. The summed E-state index contributed by atoms with van der Waals surface area (Å²) in [5.41, 5.74) is 0.191. The van der Waals surface area contributed by atoms with E-state index in [1.165, 1.54) is 31.8 Å². The van der Waals surface area contributed by atoms with Crippen molar-refractivity contribution in [1.82, 2.24) is 0 Å². The van der Waals surface area contributed by atoms with Crippen LogP contribution in [0, 0.1) is 0 Å². The lowest BCUT2D eigenvalue weighted by Gasteiger charge is -2.40. The van der Waals surface area contributed by atoms with E-state index in [4.69, 9.17) is 9.47 Å². The van der Waals surface area contributed by atoms with Crippen LogP contribution in [0.1, 0.15) is 27.7 Å². The van der Waals surface area contributed by atoms with Crippen LogP contribution in [0.25, 0.3) is 0 Å². The van der Waals surface area contributed by atoms with E-state index in [2.05, 4.69) is 210 Å². The monoisotopic (exact) mass is 680 g/mol. The first-order valence-electron chi connectivity index (χ1n) is 17.4. The number of hydrogen-bond acceptors (Lipinski definition) is 2. The molecule has 1 fully saturated rings. The van der Waals surface area contributed by atoms with E-state index in [0.29, 0.717) is 0 Å². The lowest BCUT2D eigenvalue weighted by atomic mass is 10.1. The molecule has 246 valence electrons. The van der Waals surface area contributed by atoms with Crippen LogP contribution in [0.2, 0.25) is 0 Å². The third-order valence-corrected chi connectivity index (χ3v) is 20.0. The molecule has 6 aromatic rings. The molecule has 7 rings (SSSR count). The summed E-state index contributed by atoms with van der Waals surface area (Å²) in [7, 11) is -4.58. The average molecular weight is 681 g/mol. The van der Waals surface area contributed by atoms with Gasteiger partial charge in [-0.2, -0.15) is 0 Å². The maximum Gasteiger partial charge on any atom is 0.164 e. The van der Waals surface area contributed by atoms with Crippen LogP contribution in [0.5, 0.6) is 0 Å². The molecule has 0 radical (unpaired) electrons. The minimum Gasteiger partial charge on any atom is -0.340 e. The van der Waals surface area contributed by atoms with E-state index in [1.807, 2.05) is 0 Å². The van der Waals surface area contributed by atoms with Gasteiger partial charge in [-0.1, -0.05) is 109 Å². The second-order valence-corrected chi connectivity index (χ2v) is 21.1. The first kappa shape index (κ1) is 33.6. The van der Waals surface area contributed by atoms with Crippen LogP contribution in [0.4, 0.5) is 0 Å². The first-order chi connectivity index (χ1) is 23.9. The van der Waals surface area contributed by atoms with E-state index >= 15 is 0 Å². The fourth-order valence-corrected chi connectivity index (χ4v) is 18.1. The topological polar surface area (TPSA) is 18.5 Å². The maximum atomic E-state index is 7.24. The molecule has 0 bridgehead atoms. The van der Waals surface area contributed by atoms with Crippen molar-refractivity contribution < 1.29 is 9.47 Å². The molecule has 1 aliphatic rings. The molecular weight excluding hydrogens is 634 g/mol. The average Bonchev–Trinajstić information content (AvgIpc) is 3.50. The third kappa shape index (κ3) is 6.00. The van der Waals surface area contributed by atoms with Crippen molar-refractivity contribution in [3.05, 3.63) is 182 Å². The first-order valence-corrected chi connectivity index (χ1v) is 21.1. The lowest BCUT2D eigenvalue weighted by Crippen LogP contribution is -2.51. The van der Waals surface area contributed by atoms with Gasteiger partial charge in [0.1, 0.15) is 69.9 Å². The smallest absolute Gasteiger partial charge is 0.164 e. The van der Waals surface area contributed by atoms with Gasteiger partial charge >= 0.3 is 0 Å². The van der Waals surface area contributed by atoms with Crippen LogP contribution in [-0.2, 0) is 9.47 Å². The van der Waals surface area contributed by atoms with Gasteiger partial charge in [-0.3, -0.25) is 0 Å². The summed E-state index contributed by atoms with van der Waals surface area (Å²) < 4.78 is 14.5. The van der Waals surface area contributed by atoms with Crippen LogP contribution in [0.3, 0.4) is 0 Å². The van der Waals surface area contributed by atoms with Crippen LogP contribution < -0.4 is 31.8 Å². The van der Waals surface area contributed by atoms with Crippen molar-refractivity contribution in [3.63, 3.8) is 0 Å². The van der Waals surface area contributed by atoms with Gasteiger partial charge in [0.2, 0.25) is 0 Å². The lowest BCUT2D eigenvalue weighted by molar-refractivity contribution is -0.145.